The predicted molar refractivity (Wildman–Crippen MR) is 94.9 cm³/mol. The van der Waals surface area contributed by atoms with Gasteiger partial charge in [0, 0.05) is 23.2 Å². The van der Waals surface area contributed by atoms with E-state index in [1.807, 2.05) is 24.3 Å². The highest BCUT2D eigenvalue weighted by Crippen LogP contribution is 2.35. The van der Waals surface area contributed by atoms with Crippen LogP contribution in [0.5, 0.6) is 0 Å². The molecule has 25 heavy (non-hydrogen) atoms. The lowest BCUT2D eigenvalue weighted by molar-refractivity contribution is 0.625. The van der Waals surface area contributed by atoms with Gasteiger partial charge in [-0.15, -0.1) is 11.3 Å². The van der Waals surface area contributed by atoms with Crippen LogP contribution < -0.4 is 0 Å². The van der Waals surface area contributed by atoms with Crippen LogP contribution in [0.4, 0.5) is 4.39 Å². The molecular formula is C17H11ClFN5S. The average Bonchev–Trinajstić information content (AvgIpc) is 3.27. The molecule has 0 bridgehead atoms. The van der Waals surface area contributed by atoms with E-state index < -0.39 is 5.82 Å². The molecule has 0 fully saturated rings. The number of hydrogen-bond donors (Lipinski definition) is 1. The van der Waals surface area contributed by atoms with Crippen molar-refractivity contribution in [3.63, 3.8) is 0 Å². The molecule has 4 rings (SSSR count). The summed E-state index contributed by atoms with van der Waals surface area (Å²) >= 11 is 7.31. The molecule has 0 atom stereocenters. The van der Waals surface area contributed by atoms with Crippen molar-refractivity contribution in [2.45, 2.75) is 6.42 Å². The molecule has 0 amide bonds. The lowest BCUT2D eigenvalue weighted by Gasteiger charge is -2.01. The van der Waals surface area contributed by atoms with E-state index in [1.165, 1.54) is 23.9 Å². The second kappa shape index (κ2) is 6.70. The Morgan fingerprint density at radius 2 is 2.00 bits per heavy atom. The largest absolute Gasteiger partial charge is 0.262 e. The van der Waals surface area contributed by atoms with Crippen molar-refractivity contribution < 1.29 is 4.39 Å². The van der Waals surface area contributed by atoms with E-state index in [1.54, 1.807) is 12.3 Å². The zero-order valence-corrected chi connectivity index (χ0v) is 14.4. The standard InChI is InChI=1S/C17H11ClFN5S/c18-11-3-1-10(2-4-11)7-14-15(16-21-9-22-24-16)25-17(23-14)12-5-6-20-8-13(12)19/h1-6,8-9H,7H2,(H,21,22,24). The van der Waals surface area contributed by atoms with Crippen LogP contribution in [-0.2, 0) is 6.42 Å². The summed E-state index contributed by atoms with van der Waals surface area (Å²) in [5.41, 5.74) is 2.27. The first kappa shape index (κ1) is 15.9. The van der Waals surface area contributed by atoms with E-state index in [2.05, 4.69) is 25.1 Å². The number of thiazole rings is 1. The Bertz CT molecular complexity index is 998. The SMILES string of the molecule is Fc1cnccc1-c1nc(Cc2ccc(Cl)cc2)c(-c2ncn[nH]2)s1. The topological polar surface area (TPSA) is 67.3 Å². The summed E-state index contributed by atoms with van der Waals surface area (Å²) < 4.78 is 14.1. The molecule has 5 nitrogen and oxygen atoms in total. The monoisotopic (exact) mass is 371 g/mol. The third-order valence-electron chi connectivity index (χ3n) is 3.62. The quantitative estimate of drug-likeness (QED) is 0.578. The summed E-state index contributed by atoms with van der Waals surface area (Å²) in [6.07, 6.45) is 4.75. The molecule has 8 heteroatoms. The predicted octanol–water partition coefficient (Wildman–Crippen LogP) is 4.37. The molecule has 0 spiro atoms. The number of hydrogen-bond acceptors (Lipinski definition) is 5. The van der Waals surface area contributed by atoms with Crippen molar-refractivity contribution in [1.82, 2.24) is 25.1 Å². The molecule has 0 aliphatic rings. The van der Waals surface area contributed by atoms with Gasteiger partial charge in [-0.3, -0.25) is 10.1 Å². The summed E-state index contributed by atoms with van der Waals surface area (Å²) in [5.74, 6) is 0.209. The number of aromatic nitrogens is 5. The highest BCUT2D eigenvalue weighted by Gasteiger charge is 2.18. The van der Waals surface area contributed by atoms with E-state index in [0.717, 1.165) is 16.1 Å². The van der Waals surface area contributed by atoms with Crippen LogP contribution in [0.1, 0.15) is 11.3 Å². The van der Waals surface area contributed by atoms with Crippen molar-refractivity contribution in [3.8, 4) is 21.3 Å². The van der Waals surface area contributed by atoms with Gasteiger partial charge in [0.05, 0.1) is 16.8 Å². The molecule has 0 aliphatic heterocycles. The fourth-order valence-electron chi connectivity index (χ4n) is 2.43. The normalized spacial score (nSPS) is 11.0. The number of rotatable bonds is 4. The minimum absolute atomic E-state index is 0.404. The van der Waals surface area contributed by atoms with Crippen LogP contribution in [0.3, 0.4) is 0 Å². The summed E-state index contributed by atoms with van der Waals surface area (Å²) in [6, 6.07) is 9.17. The van der Waals surface area contributed by atoms with Crippen LogP contribution >= 0.6 is 22.9 Å². The fraction of sp³-hybridized carbons (Fsp3) is 0.0588. The molecule has 4 aromatic rings. The Labute approximate surface area is 151 Å². The highest BCUT2D eigenvalue weighted by atomic mass is 35.5. The van der Waals surface area contributed by atoms with Gasteiger partial charge in [0.25, 0.3) is 0 Å². The number of pyridine rings is 1. The Kier molecular flexibility index (Phi) is 4.25. The Balaban J connectivity index is 1.79. The van der Waals surface area contributed by atoms with Gasteiger partial charge in [-0.2, -0.15) is 5.10 Å². The molecule has 0 saturated carbocycles. The third-order valence-corrected chi connectivity index (χ3v) is 5.00. The first-order valence-corrected chi connectivity index (χ1v) is 8.60. The Morgan fingerprint density at radius 1 is 1.16 bits per heavy atom. The molecule has 0 saturated heterocycles. The second-order valence-corrected chi connectivity index (χ2v) is 6.72. The summed E-state index contributed by atoms with van der Waals surface area (Å²) in [7, 11) is 0. The molecule has 0 unspecified atom stereocenters. The van der Waals surface area contributed by atoms with E-state index in [9.17, 15) is 4.39 Å². The van der Waals surface area contributed by atoms with Gasteiger partial charge < -0.3 is 0 Å². The molecule has 3 aromatic heterocycles. The maximum absolute atomic E-state index is 14.1. The number of nitrogens with zero attached hydrogens (tertiary/aromatic N) is 4. The van der Waals surface area contributed by atoms with Crippen molar-refractivity contribution in [2.24, 2.45) is 0 Å². The number of aromatic amines is 1. The van der Waals surface area contributed by atoms with Gasteiger partial charge in [-0.1, -0.05) is 23.7 Å². The van der Waals surface area contributed by atoms with Gasteiger partial charge in [0.1, 0.15) is 11.3 Å². The molecule has 0 aliphatic carbocycles. The van der Waals surface area contributed by atoms with Gasteiger partial charge in [-0.05, 0) is 23.8 Å². The fourth-order valence-corrected chi connectivity index (χ4v) is 3.61. The zero-order chi connectivity index (χ0) is 17.2. The van der Waals surface area contributed by atoms with E-state index in [0.29, 0.717) is 27.8 Å². The summed E-state index contributed by atoms with van der Waals surface area (Å²) in [4.78, 5) is 13.5. The summed E-state index contributed by atoms with van der Waals surface area (Å²) in [5, 5.41) is 8.01. The number of halogens is 2. The van der Waals surface area contributed by atoms with Gasteiger partial charge in [0.2, 0.25) is 0 Å². The Morgan fingerprint density at radius 3 is 2.72 bits per heavy atom. The smallest absolute Gasteiger partial charge is 0.167 e. The molecular weight excluding hydrogens is 361 g/mol. The molecule has 1 N–H and O–H groups in total. The van der Waals surface area contributed by atoms with Crippen LogP contribution in [0.2, 0.25) is 5.02 Å². The first-order chi connectivity index (χ1) is 12.2. The van der Waals surface area contributed by atoms with Crippen molar-refractivity contribution in [2.75, 3.05) is 0 Å². The number of H-pyrrole nitrogens is 1. The van der Waals surface area contributed by atoms with Crippen molar-refractivity contribution in [3.05, 3.63) is 71.2 Å². The van der Waals surface area contributed by atoms with Crippen molar-refractivity contribution in [1.29, 1.82) is 0 Å². The van der Waals surface area contributed by atoms with E-state index in [4.69, 9.17) is 11.6 Å². The number of nitrogens with one attached hydrogen (secondary N) is 1. The molecule has 1 aromatic carbocycles. The minimum Gasteiger partial charge on any atom is -0.262 e. The van der Waals surface area contributed by atoms with E-state index in [-0.39, 0.29) is 0 Å². The van der Waals surface area contributed by atoms with Gasteiger partial charge in [-0.25, -0.2) is 14.4 Å². The third kappa shape index (κ3) is 3.29. The van der Waals surface area contributed by atoms with Crippen LogP contribution in [-0.4, -0.2) is 25.1 Å². The number of benzene rings is 1. The lowest BCUT2D eigenvalue weighted by atomic mass is 10.1. The van der Waals surface area contributed by atoms with Gasteiger partial charge in [0.15, 0.2) is 11.6 Å². The zero-order valence-electron chi connectivity index (χ0n) is 12.8. The maximum Gasteiger partial charge on any atom is 0.167 e. The highest BCUT2D eigenvalue weighted by molar-refractivity contribution is 7.18. The van der Waals surface area contributed by atoms with E-state index >= 15 is 0 Å². The van der Waals surface area contributed by atoms with Gasteiger partial charge >= 0.3 is 0 Å². The average molecular weight is 372 g/mol. The molecule has 124 valence electrons. The maximum atomic E-state index is 14.1. The molecule has 0 radical (unpaired) electrons. The lowest BCUT2D eigenvalue weighted by Crippen LogP contribution is -1.92. The van der Waals surface area contributed by atoms with Crippen LogP contribution in [0.15, 0.2) is 49.1 Å². The van der Waals surface area contributed by atoms with Crippen LogP contribution in [0.25, 0.3) is 21.3 Å². The second-order valence-electron chi connectivity index (χ2n) is 5.29. The molecule has 3 heterocycles. The van der Waals surface area contributed by atoms with Crippen molar-refractivity contribution >= 4 is 22.9 Å². The summed E-state index contributed by atoms with van der Waals surface area (Å²) in [6.45, 7) is 0. The Hall–Kier alpha value is -2.64. The van der Waals surface area contributed by atoms with Crippen LogP contribution in [0, 0.1) is 5.82 Å². The minimum atomic E-state index is -0.404. The first-order valence-electron chi connectivity index (χ1n) is 7.40.